The van der Waals surface area contributed by atoms with E-state index in [0.29, 0.717) is 10.8 Å². The van der Waals surface area contributed by atoms with Crippen LogP contribution in [0.3, 0.4) is 0 Å². The van der Waals surface area contributed by atoms with E-state index in [1.807, 2.05) is 0 Å². The lowest BCUT2D eigenvalue weighted by molar-refractivity contribution is 0.328. The van der Waals surface area contributed by atoms with Crippen LogP contribution in [0.25, 0.3) is 0 Å². The Morgan fingerprint density at radius 2 is 1.70 bits per heavy atom. The summed E-state index contributed by atoms with van der Waals surface area (Å²) in [4.78, 5) is 0. The van der Waals surface area contributed by atoms with E-state index in [4.69, 9.17) is 0 Å². The lowest BCUT2D eigenvalue weighted by atomic mass is 9.87. The topological polar surface area (TPSA) is 0 Å². The van der Waals surface area contributed by atoms with Crippen LogP contribution >= 0.6 is 0 Å². The Bertz CT molecular complexity index is 125. The summed E-state index contributed by atoms with van der Waals surface area (Å²) in [6.07, 6.45) is 2.85. The first-order valence-corrected chi connectivity index (χ1v) is 4.31. The third-order valence-corrected chi connectivity index (χ3v) is 2.58. The van der Waals surface area contributed by atoms with Gasteiger partial charge in [0.2, 0.25) is 0 Å². The van der Waals surface area contributed by atoms with Crippen molar-refractivity contribution in [1.29, 1.82) is 0 Å². The molecule has 0 heterocycles. The number of hydrogen-bond donors (Lipinski definition) is 0. The van der Waals surface area contributed by atoms with Crippen molar-refractivity contribution in [2.75, 3.05) is 0 Å². The zero-order chi connectivity index (χ0) is 7.99. The first-order valence-electron chi connectivity index (χ1n) is 4.31. The summed E-state index contributed by atoms with van der Waals surface area (Å²) in [6, 6.07) is 0. The van der Waals surface area contributed by atoms with E-state index >= 15 is 0 Å². The molecule has 1 rings (SSSR count). The minimum absolute atomic E-state index is 0.540. The van der Waals surface area contributed by atoms with Crippen molar-refractivity contribution < 1.29 is 0 Å². The van der Waals surface area contributed by atoms with Crippen molar-refractivity contribution in [3.63, 3.8) is 0 Å². The molecule has 0 saturated heterocycles. The Balaban J connectivity index is 2.31. The molecule has 0 N–H and O–H groups in total. The summed E-state index contributed by atoms with van der Waals surface area (Å²) in [6.45, 7) is 11.8. The van der Waals surface area contributed by atoms with Crippen molar-refractivity contribution in [2.45, 2.75) is 47.5 Å². The van der Waals surface area contributed by atoms with Crippen molar-refractivity contribution in [2.24, 2.45) is 16.7 Å². The van der Waals surface area contributed by atoms with Crippen LogP contribution in [0.2, 0.25) is 0 Å². The highest BCUT2D eigenvalue weighted by molar-refractivity contribution is 4.96. The smallest absolute Gasteiger partial charge is 0.0323 e. The summed E-state index contributed by atoms with van der Waals surface area (Å²) in [5, 5.41) is 0. The standard InChI is InChI=1S/C10H20/c1-9(2,3)6-8-7-10(8,4)5/h8H,6-7H2,1-5H3. The van der Waals surface area contributed by atoms with Crippen molar-refractivity contribution >= 4 is 0 Å². The zero-order valence-corrected chi connectivity index (χ0v) is 7.99. The molecule has 1 fully saturated rings. The van der Waals surface area contributed by atoms with Crippen LogP contribution in [0.5, 0.6) is 0 Å². The maximum atomic E-state index is 2.38. The van der Waals surface area contributed by atoms with Gasteiger partial charge in [-0.2, -0.15) is 0 Å². The molecule has 0 aromatic carbocycles. The summed E-state index contributed by atoms with van der Waals surface area (Å²) in [5.74, 6) is 1.01. The Morgan fingerprint density at radius 1 is 1.30 bits per heavy atom. The molecule has 0 aromatic heterocycles. The lowest BCUT2D eigenvalue weighted by Crippen LogP contribution is -2.07. The van der Waals surface area contributed by atoms with Gasteiger partial charge in [-0.1, -0.05) is 34.6 Å². The second kappa shape index (κ2) is 1.99. The summed E-state index contributed by atoms with van der Waals surface area (Å²) >= 11 is 0. The Labute approximate surface area is 65.0 Å². The predicted octanol–water partition coefficient (Wildman–Crippen LogP) is 3.47. The Morgan fingerprint density at radius 3 is 1.80 bits per heavy atom. The molecule has 10 heavy (non-hydrogen) atoms. The first kappa shape index (κ1) is 8.10. The van der Waals surface area contributed by atoms with Gasteiger partial charge in [-0.05, 0) is 29.6 Å². The van der Waals surface area contributed by atoms with Crippen LogP contribution in [0, 0.1) is 16.7 Å². The maximum absolute atomic E-state index is 2.38. The predicted molar refractivity (Wildman–Crippen MR) is 46.0 cm³/mol. The Kier molecular flexibility index (Phi) is 1.61. The van der Waals surface area contributed by atoms with Crippen LogP contribution in [0.15, 0.2) is 0 Å². The molecule has 0 spiro atoms. The highest BCUT2D eigenvalue weighted by Crippen LogP contribution is 2.56. The summed E-state index contributed by atoms with van der Waals surface area (Å²) < 4.78 is 0. The molecule has 0 aromatic rings. The van der Waals surface area contributed by atoms with E-state index in [9.17, 15) is 0 Å². The molecule has 1 saturated carbocycles. The van der Waals surface area contributed by atoms with Crippen LogP contribution in [-0.4, -0.2) is 0 Å². The second-order valence-electron chi connectivity index (χ2n) is 5.65. The van der Waals surface area contributed by atoms with Crippen molar-refractivity contribution in [3.8, 4) is 0 Å². The number of hydrogen-bond acceptors (Lipinski definition) is 0. The molecular weight excluding hydrogens is 120 g/mol. The molecule has 1 unspecified atom stereocenters. The van der Waals surface area contributed by atoms with Gasteiger partial charge in [0.15, 0.2) is 0 Å². The van der Waals surface area contributed by atoms with Crippen LogP contribution in [0.1, 0.15) is 47.5 Å². The molecule has 0 amide bonds. The third kappa shape index (κ3) is 2.00. The minimum atomic E-state index is 0.540. The van der Waals surface area contributed by atoms with Gasteiger partial charge in [0, 0.05) is 0 Å². The van der Waals surface area contributed by atoms with Gasteiger partial charge in [0.1, 0.15) is 0 Å². The molecule has 1 atom stereocenters. The van der Waals surface area contributed by atoms with Crippen molar-refractivity contribution in [3.05, 3.63) is 0 Å². The third-order valence-electron chi connectivity index (χ3n) is 2.58. The normalized spacial score (nSPS) is 30.3. The lowest BCUT2D eigenvalue weighted by Gasteiger charge is -2.18. The summed E-state index contributed by atoms with van der Waals surface area (Å²) in [5.41, 5.74) is 1.21. The monoisotopic (exact) mass is 140 g/mol. The van der Waals surface area contributed by atoms with E-state index in [-0.39, 0.29) is 0 Å². The van der Waals surface area contributed by atoms with Crippen LogP contribution in [0.4, 0.5) is 0 Å². The van der Waals surface area contributed by atoms with E-state index in [0.717, 1.165) is 5.92 Å². The van der Waals surface area contributed by atoms with Crippen LogP contribution < -0.4 is 0 Å². The molecule has 0 heteroatoms. The van der Waals surface area contributed by atoms with Gasteiger partial charge in [0.25, 0.3) is 0 Å². The highest BCUT2D eigenvalue weighted by atomic mass is 14.5. The summed E-state index contributed by atoms with van der Waals surface area (Å²) in [7, 11) is 0. The SMILES string of the molecule is CC(C)(C)CC1CC1(C)C. The number of rotatable bonds is 1. The zero-order valence-electron chi connectivity index (χ0n) is 7.99. The average molecular weight is 140 g/mol. The molecule has 1 aliphatic rings. The molecule has 0 bridgehead atoms. The quantitative estimate of drug-likeness (QED) is 0.523. The van der Waals surface area contributed by atoms with Gasteiger partial charge < -0.3 is 0 Å². The first-order chi connectivity index (χ1) is 4.31. The maximum Gasteiger partial charge on any atom is -0.0323 e. The fourth-order valence-corrected chi connectivity index (χ4v) is 1.66. The van der Waals surface area contributed by atoms with E-state index in [2.05, 4.69) is 34.6 Å². The van der Waals surface area contributed by atoms with Gasteiger partial charge in [0.05, 0.1) is 0 Å². The average Bonchev–Trinajstić information content (AvgIpc) is 2.05. The molecule has 60 valence electrons. The molecule has 0 nitrogen and oxygen atoms in total. The minimum Gasteiger partial charge on any atom is -0.0602 e. The van der Waals surface area contributed by atoms with Gasteiger partial charge in [-0.3, -0.25) is 0 Å². The molecule has 1 aliphatic carbocycles. The van der Waals surface area contributed by atoms with Crippen LogP contribution in [-0.2, 0) is 0 Å². The highest BCUT2D eigenvalue weighted by Gasteiger charge is 2.46. The van der Waals surface area contributed by atoms with Gasteiger partial charge in [-0.25, -0.2) is 0 Å². The second-order valence-corrected chi connectivity index (χ2v) is 5.65. The van der Waals surface area contributed by atoms with Gasteiger partial charge >= 0.3 is 0 Å². The van der Waals surface area contributed by atoms with E-state index in [1.165, 1.54) is 12.8 Å². The largest absolute Gasteiger partial charge is 0.0602 e. The van der Waals surface area contributed by atoms with E-state index < -0.39 is 0 Å². The van der Waals surface area contributed by atoms with Gasteiger partial charge in [-0.15, -0.1) is 0 Å². The molecule has 0 radical (unpaired) electrons. The molecule has 0 aliphatic heterocycles. The fourth-order valence-electron chi connectivity index (χ4n) is 1.66. The van der Waals surface area contributed by atoms with E-state index in [1.54, 1.807) is 0 Å². The molecular formula is C10H20. The van der Waals surface area contributed by atoms with Crippen molar-refractivity contribution in [1.82, 2.24) is 0 Å². The Hall–Kier alpha value is 0. The fraction of sp³-hybridized carbons (Fsp3) is 1.00.